The zero-order valence-electron chi connectivity index (χ0n) is 9.98. The van der Waals surface area contributed by atoms with Gasteiger partial charge in [-0.15, -0.1) is 11.3 Å². The van der Waals surface area contributed by atoms with Crippen molar-refractivity contribution in [1.82, 2.24) is 0 Å². The molecule has 0 aliphatic rings. The summed E-state index contributed by atoms with van der Waals surface area (Å²) in [7, 11) is 2.01. The molecule has 0 fully saturated rings. The van der Waals surface area contributed by atoms with Crippen LogP contribution in [0.1, 0.15) is 10.4 Å². The van der Waals surface area contributed by atoms with Gasteiger partial charge >= 0.3 is 0 Å². The monoisotopic (exact) mass is 279 g/mol. The molecular formula is C13H14ClN3S. The first kappa shape index (κ1) is 12.9. The highest BCUT2D eigenvalue weighted by atomic mass is 35.5. The van der Waals surface area contributed by atoms with Crippen molar-refractivity contribution < 1.29 is 0 Å². The fraction of sp³-hybridized carbons (Fsp3) is 0.154. The number of hydrogen-bond acceptors (Lipinski definition) is 3. The van der Waals surface area contributed by atoms with Crippen LogP contribution in [0, 0.1) is 5.41 Å². The molecule has 1 aromatic carbocycles. The van der Waals surface area contributed by atoms with Crippen LogP contribution in [0.3, 0.4) is 0 Å². The second-order valence-electron chi connectivity index (χ2n) is 4.03. The summed E-state index contributed by atoms with van der Waals surface area (Å²) >= 11 is 7.49. The Kier molecular flexibility index (Phi) is 3.89. The van der Waals surface area contributed by atoms with Crippen molar-refractivity contribution >= 4 is 34.5 Å². The summed E-state index contributed by atoms with van der Waals surface area (Å²) in [6.07, 6.45) is 0. The van der Waals surface area contributed by atoms with Crippen molar-refractivity contribution in [2.45, 2.75) is 6.54 Å². The number of nitrogens with zero attached hydrogens (tertiary/aromatic N) is 1. The highest BCUT2D eigenvalue weighted by molar-refractivity contribution is 7.16. The molecule has 1 aromatic heterocycles. The van der Waals surface area contributed by atoms with Gasteiger partial charge < -0.3 is 10.6 Å². The van der Waals surface area contributed by atoms with E-state index >= 15 is 0 Å². The molecule has 0 saturated heterocycles. The average Bonchev–Trinajstić information content (AvgIpc) is 2.75. The Morgan fingerprint density at radius 3 is 2.78 bits per heavy atom. The van der Waals surface area contributed by atoms with Crippen LogP contribution in [0.25, 0.3) is 0 Å². The van der Waals surface area contributed by atoms with Gasteiger partial charge in [0.25, 0.3) is 0 Å². The molecule has 0 aliphatic heterocycles. The zero-order valence-corrected chi connectivity index (χ0v) is 11.6. The summed E-state index contributed by atoms with van der Waals surface area (Å²) in [5, 5.41) is 7.44. The average molecular weight is 280 g/mol. The molecule has 3 nitrogen and oxygen atoms in total. The molecule has 5 heteroatoms. The smallest absolute Gasteiger partial charge is 0.122 e. The van der Waals surface area contributed by atoms with Crippen LogP contribution in [-0.2, 0) is 6.54 Å². The van der Waals surface area contributed by atoms with E-state index in [2.05, 4.69) is 4.90 Å². The van der Waals surface area contributed by atoms with Crippen LogP contribution >= 0.6 is 22.9 Å². The van der Waals surface area contributed by atoms with Gasteiger partial charge in [0.1, 0.15) is 5.84 Å². The lowest BCUT2D eigenvalue weighted by molar-refractivity contribution is 0.940. The number of nitrogen functional groups attached to an aromatic ring is 1. The third-order valence-electron chi connectivity index (χ3n) is 2.62. The molecule has 0 unspecified atom stereocenters. The van der Waals surface area contributed by atoms with Crippen molar-refractivity contribution in [2.75, 3.05) is 11.9 Å². The Bertz CT molecular complexity index is 565. The van der Waals surface area contributed by atoms with E-state index in [1.165, 1.54) is 4.88 Å². The van der Waals surface area contributed by atoms with Crippen molar-refractivity contribution in [3.05, 3.63) is 51.2 Å². The SMILES string of the molecule is CN(Cc1ccc(Cl)s1)c1cccc(C(=N)N)c1. The predicted octanol–water partition coefficient (Wildman–Crippen LogP) is 3.32. The largest absolute Gasteiger partial charge is 0.384 e. The minimum Gasteiger partial charge on any atom is -0.384 e. The molecule has 2 aromatic rings. The number of nitrogens with one attached hydrogen (secondary N) is 1. The quantitative estimate of drug-likeness (QED) is 0.666. The standard InChI is InChI=1S/C13H14ClN3S/c1-17(8-11-5-6-12(14)18-11)10-4-2-3-9(7-10)13(15)16/h2-7H,8H2,1H3,(H3,15,16). The maximum absolute atomic E-state index is 7.44. The molecule has 0 atom stereocenters. The number of amidine groups is 1. The van der Waals surface area contributed by atoms with E-state index in [9.17, 15) is 0 Å². The van der Waals surface area contributed by atoms with E-state index in [1.807, 2.05) is 43.4 Å². The van der Waals surface area contributed by atoms with E-state index < -0.39 is 0 Å². The summed E-state index contributed by atoms with van der Waals surface area (Å²) in [5.74, 6) is 0.0874. The summed E-state index contributed by atoms with van der Waals surface area (Å²) in [4.78, 5) is 3.31. The molecule has 18 heavy (non-hydrogen) atoms. The Morgan fingerprint density at radius 2 is 2.17 bits per heavy atom. The molecule has 0 saturated carbocycles. The van der Waals surface area contributed by atoms with Gasteiger partial charge in [-0.3, -0.25) is 5.41 Å². The fourth-order valence-electron chi connectivity index (χ4n) is 1.67. The minimum absolute atomic E-state index is 0.0874. The van der Waals surface area contributed by atoms with Gasteiger partial charge in [-0.25, -0.2) is 0 Å². The van der Waals surface area contributed by atoms with Gasteiger partial charge in [0, 0.05) is 23.2 Å². The fourth-order valence-corrected chi connectivity index (χ4v) is 2.81. The van der Waals surface area contributed by atoms with Gasteiger partial charge in [0.05, 0.1) is 10.9 Å². The number of benzene rings is 1. The van der Waals surface area contributed by atoms with E-state index in [4.69, 9.17) is 22.7 Å². The first-order valence-corrected chi connectivity index (χ1v) is 6.65. The molecule has 0 spiro atoms. The third-order valence-corrected chi connectivity index (χ3v) is 3.84. The van der Waals surface area contributed by atoms with Crippen LogP contribution in [0.4, 0.5) is 5.69 Å². The molecule has 94 valence electrons. The predicted molar refractivity (Wildman–Crippen MR) is 78.9 cm³/mol. The number of hydrogen-bond donors (Lipinski definition) is 2. The summed E-state index contributed by atoms with van der Waals surface area (Å²) in [6.45, 7) is 0.790. The van der Waals surface area contributed by atoms with Crippen LogP contribution in [-0.4, -0.2) is 12.9 Å². The van der Waals surface area contributed by atoms with Gasteiger partial charge in [0.2, 0.25) is 0 Å². The molecule has 0 bridgehead atoms. The number of rotatable bonds is 4. The lowest BCUT2D eigenvalue weighted by Crippen LogP contribution is -2.17. The lowest BCUT2D eigenvalue weighted by atomic mass is 10.2. The van der Waals surface area contributed by atoms with Crippen molar-refractivity contribution in [3.8, 4) is 0 Å². The molecular weight excluding hydrogens is 266 g/mol. The molecule has 2 rings (SSSR count). The maximum Gasteiger partial charge on any atom is 0.122 e. The Balaban J connectivity index is 2.15. The second kappa shape index (κ2) is 5.42. The van der Waals surface area contributed by atoms with E-state index in [0.29, 0.717) is 0 Å². The summed E-state index contributed by atoms with van der Waals surface area (Å²) in [5.41, 5.74) is 7.26. The number of anilines is 1. The van der Waals surface area contributed by atoms with Crippen molar-refractivity contribution in [1.29, 1.82) is 5.41 Å². The van der Waals surface area contributed by atoms with Gasteiger partial charge in [-0.2, -0.15) is 0 Å². The zero-order chi connectivity index (χ0) is 13.1. The first-order valence-electron chi connectivity index (χ1n) is 5.46. The Morgan fingerprint density at radius 1 is 1.39 bits per heavy atom. The van der Waals surface area contributed by atoms with Crippen LogP contribution < -0.4 is 10.6 Å². The van der Waals surface area contributed by atoms with E-state index in [-0.39, 0.29) is 5.84 Å². The van der Waals surface area contributed by atoms with E-state index in [1.54, 1.807) is 11.3 Å². The maximum atomic E-state index is 7.44. The highest BCUT2D eigenvalue weighted by Crippen LogP contribution is 2.24. The summed E-state index contributed by atoms with van der Waals surface area (Å²) < 4.78 is 0.802. The van der Waals surface area contributed by atoms with Gasteiger partial charge in [0.15, 0.2) is 0 Å². The first-order chi connectivity index (χ1) is 8.56. The second-order valence-corrected chi connectivity index (χ2v) is 5.83. The normalized spacial score (nSPS) is 10.3. The molecule has 0 radical (unpaired) electrons. The molecule has 1 heterocycles. The van der Waals surface area contributed by atoms with Gasteiger partial charge in [-0.1, -0.05) is 23.7 Å². The summed E-state index contributed by atoms with van der Waals surface area (Å²) in [6, 6.07) is 11.6. The van der Waals surface area contributed by atoms with Gasteiger partial charge in [-0.05, 0) is 24.3 Å². The van der Waals surface area contributed by atoms with Crippen LogP contribution in [0.2, 0.25) is 4.34 Å². The van der Waals surface area contributed by atoms with E-state index in [0.717, 1.165) is 22.1 Å². The highest BCUT2D eigenvalue weighted by Gasteiger charge is 2.06. The number of thiophene rings is 1. The number of halogens is 1. The Labute approximate surface area is 115 Å². The molecule has 3 N–H and O–H groups in total. The van der Waals surface area contributed by atoms with Crippen LogP contribution in [0.15, 0.2) is 36.4 Å². The lowest BCUT2D eigenvalue weighted by Gasteiger charge is -2.19. The van der Waals surface area contributed by atoms with Crippen molar-refractivity contribution in [3.63, 3.8) is 0 Å². The minimum atomic E-state index is 0.0874. The molecule has 0 amide bonds. The Hall–Kier alpha value is -1.52. The number of nitrogens with two attached hydrogens (primary N) is 1. The van der Waals surface area contributed by atoms with Crippen molar-refractivity contribution in [2.24, 2.45) is 5.73 Å². The third kappa shape index (κ3) is 3.03. The molecule has 0 aliphatic carbocycles. The topological polar surface area (TPSA) is 53.1 Å². The van der Waals surface area contributed by atoms with Crippen LogP contribution in [0.5, 0.6) is 0 Å².